The first-order valence-electron chi connectivity index (χ1n) is 12.7. The van der Waals surface area contributed by atoms with Crippen molar-refractivity contribution in [3.05, 3.63) is 52.5 Å². The number of rotatable bonds is 4. The van der Waals surface area contributed by atoms with Gasteiger partial charge in [0.1, 0.15) is 17.2 Å². The van der Waals surface area contributed by atoms with Crippen molar-refractivity contribution in [2.75, 3.05) is 43.4 Å². The van der Waals surface area contributed by atoms with Gasteiger partial charge in [-0.15, -0.1) is 0 Å². The maximum Gasteiger partial charge on any atom is 0.275 e. The molecular formula is C26H32N8O2. The Labute approximate surface area is 209 Å². The number of anilines is 3. The predicted molar refractivity (Wildman–Crippen MR) is 141 cm³/mol. The third kappa shape index (κ3) is 4.20. The largest absolute Gasteiger partial charge is 0.384 e. The molecule has 1 aromatic carbocycles. The van der Waals surface area contributed by atoms with Gasteiger partial charge in [-0.3, -0.25) is 14.9 Å². The molecular weight excluding hydrogens is 456 g/mol. The number of fused-ring (bicyclic) bond motifs is 2. The highest BCUT2D eigenvalue weighted by Crippen LogP contribution is 2.35. The number of H-pyrrole nitrogens is 1. The zero-order valence-corrected chi connectivity index (χ0v) is 20.7. The first-order chi connectivity index (χ1) is 17.4. The van der Waals surface area contributed by atoms with Gasteiger partial charge in [0.2, 0.25) is 5.95 Å². The van der Waals surface area contributed by atoms with Gasteiger partial charge in [-0.1, -0.05) is 6.08 Å². The van der Waals surface area contributed by atoms with E-state index in [1.807, 2.05) is 19.1 Å². The molecule has 6 rings (SSSR count). The Balaban J connectivity index is 1.26. The van der Waals surface area contributed by atoms with Crippen molar-refractivity contribution < 1.29 is 5.11 Å². The fourth-order valence-corrected chi connectivity index (χ4v) is 5.40. The van der Waals surface area contributed by atoms with Crippen molar-refractivity contribution in [3.8, 4) is 0 Å². The summed E-state index contributed by atoms with van der Waals surface area (Å²) in [6, 6.07) is 8.26. The summed E-state index contributed by atoms with van der Waals surface area (Å²) in [5.41, 5.74) is 3.20. The van der Waals surface area contributed by atoms with E-state index in [2.05, 4.69) is 55.4 Å². The molecule has 2 aliphatic heterocycles. The van der Waals surface area contributed by atoms with Crippen molar-refractivity contribution in [2.24, 2.45) is 4.99 Å². The van der Waals surface area contributed by atoms with E-state index in [0.717, 1.165) is 56.0 Å². The van der Waals surface area contributed by atoms with Crippen molar-refractivity contribution >= 4 is 34.1 Å². The number of dihydropyridines is 1. The molecule has 0 amide bonds. The number of aliphatic imine (C=N–C) groups is 1. The second-order valence-electron chi connectivity index (χ2n) is 10.3. The number of likely N-dealkylation sites (N-methyl/N-ethyl adjacent to an activating group) is 1. The summed E-state index contributed by atoms with van der Waals surface area (Å²) < 4.78 is 1.70. The van der Waals surface area contributed by atoms with E-state index < -0.39 is 5.60 Å². The molecule has 0 spiro atoms. The Bertz CT molecular complexity index is 1390. The maximum absolute atomic E-state index is 12.6. The second kappa shape index (κ2) is 8.86. The van der Waals surface area contributed by atoms with Crippen LogP contribution >= 0.6 is 0 Å². The molecule has 10 nitrogen and oxygen atoms in total. The van der Waals surface area contributed by atoms with Crippen molar-refractivity contribution in [3.63, 3.8) is 0 Å². The van der Waals surface area contributed by atoms with Crippen LogP contribution in [0, 0.1) is 0 Å². The number of nitrogens with zero attached hydrogens (tertiary/aromatic N) is 6. The SMILES string of the molecule is CN1CCN(c2ccc(Nc3ncc4c(=O)[nH]n(C5CC=C6CCCC(C)(O)C6=N5)c4n3)cc2)CC1. The molecule has 2 atom stereocenters. The van der Waals surface area contributed by atoms with Crippen molar-refractivity contribution in [1.82, 2.24) is 24.6 Å². The molecule has 36 heavy (non-hydrogen) atoms. The van der Waals surface area contributed by atoms with Gasteiger partial charge >= 0.3 is 0 Å². The smallest absolute Gasteiger partial charge is 0.275 e. The summed E-state index contributed by atoms with van der Waals surface area (Å²) in [5, 5.41) is 17.4. The molecule has 2 aromatic heterocycles. The topological polar surface area (TPSA) is 115 Å². The van der Waals surface area contributed by atoms with Crippen LogP contribution in [0.3, 0.4) is 0 Å². The summed E-state index contributed by atoms with van der Waals surface area (Å²) in [7, 11) is 2.15. The number of hydrogen-bond donors (Lipinski definition) is 3. The van der Waals surface area contributed by atoms with Gasteiger partial charge < -0.3 is 20.2 Å². The van der Waals surface area contributed by atoms with Crippen LogP contribution in [0.15, 0.2) is 51.9 Å². The molecule has 10 heteroatoms. The molecule has 1 aliphatic carbocycles. The lowest BCUT2D eigenvalue weighted by Gasteiger charge is -2.35. The fraction of sp³-hybridized carbons (Fsp3) is 0.462. The minimum atomic E-state index is -0.954. The van der Waals surface area contributed by atoms with E-state index in [9.17, 15) is 9.90 Å². The minimum Gasteiger partial charge on any atom is -0.384 e. The number of piperazine rings is 1. The highest BCUT2D eigenvalue weighted by molar-refractivity contribution is 6.07. The van der Waals surface area contributed by atoms with Crippen LogP contribution in [-0.2, 0) is 0 Å². The first-order valence-corrected chi connectivity index (χ1v) is 12.7. The highest BCUT2D eigenvalue weighted by Gasteiger charge is 2.36. The number of hydrogen-bond acceptors (Lipinski definition) is 8. The number of nitrogens with one attached hydrogen (secondary N) is 2. The lowest BCUT2D eigenvalue weighted by Crippen LogP contribution is -2.44. The van der Waals surface area contributed by atoms with Gasteiger partial charge in [0.25, 0.3) is 5.56 Å². The summed E-state index contributed by atoms with van der Waals surface area (Å²) in [6.45, 7) is 5.98. The molecule has 3 aromatic rings. The van der Waals surface area contributed by atoms with Crippen LogP contribution in [0.5, 0.6) is 0 Å². The third-order valence-corrected chi connectivity index (χ3v) is 7.53. The molecule has 2 unspecified atom stereocenters. The predicted octanol–water partition coefficient (Wildman–Crippen LogP) is 2.82. The molecule has 3 aliphatic rings. The minimum absolute atomic E-state index is 0.251. The van der Waals surface area contributed by atoms with Crippen LogP contribution in [0.2, 0.25) is 0 Å². The molecule has 1 saturated heterocycles. The number of benzene rings is 1. The molecule has 188 valence electrons. The average Bonchev–Trinajstić information content (AvgIpc) is 3.20. The van der Waals surface area contributed by atoms with Crippen LogP contribution in [0.1, 0.15) is 38.8 Å². The second-order valence-corrected chi connectivity index (χ2v) is 10.3. The standard InChI is InChI=1S/C26H32N8O2/c1-26(36)11-3-4-17-5-10-21(29-22(17)26)34-23-20(24(35)31-34)16-27-25(30-23)28-18-6-8-19(9-7-18)33-14-12-32(2)13-15-33/h5-9,16,21,36H,3-4,10-15H2,1-2H3,(H,31,35)(H,27,28,30). The van der Waals surface area contributed by atoms with E-state index in [-0.39, 0.29) is 11.7 Å². The molecule has 4 heterocycles. The lowest BCUT2D eigenvalue weighted by atomic mass is 9.79. The Morgan fingerprint density at radius 2 is 1.94 bits per heavy atom. The van der Waals surface area contributed by atoms with Crippen LogP contribution < -0.4 is 15.8 Å². The summed E-state index contributed by atoms with van der Waals surface area (Å²) in [4.78, 5) is 31.3. The summed E-state index contributed by atoms with van der Waals surface area (Å²) in [5.74, 6) is 0.409. The average molecular weight is 489 g/mol. The first kappa shape index (κ1) is 22.9. The van der Waals surface area contributed by atoms with E-state index in [4.69, 9.17) is 4.99 Å². The molecule has 3 N–H and O–H groups in total. The summed E-state index contributed by atoms with van der Waals surface area (Å²) >= 11 is 0. The number of aliphatic hydroxyl groups is 1. The molecule has 1 saturated carbocycles. The van der Waals surface area contributed by atoms with Gasteiger partial charge in [0.05, 0.1) is 5.71 Å². The van der Waals surface area contributed by atoms with Gasteiger partial charge in [-0.25, -0.2) is 9.67 Å². The van der Waals surface area contributed by atoms with Crippen LogP contribution in [-0.4, -0.2) is 74.3 Å². The van der Waals surface area contributed by atoms with E-state index in [1.165, 1.54) is 5.69 Å². The normalized spacial score (nSPS) is 24.9. The Kier molecular flexibility index (Phi) is 5.65. The Hall–Kier alpha value is -3.50. The van der Waals surface area contributed by atoms with E-state index in [0.29, 0.717) is 29.8 Å². The monoisotopic (exact) mass is 488 g/mol. The maximum atomic E-state index is 12.6. The van der Waals surface area contributed by atoms with Crippen molar-refractivity contribution in [2.45, 2.75) is 44.4 Å². The van der Waals surface area contributed by atoms with E-state index in [1.54, 1.807) is 10.9 Å². The Morgan fingerprint density at radius 1 is 1.17 bits per heavy atom. The van der Waals surface area contributed by atoms with Crippen molar-refractivity contribution in [1.29, 1.82) is 0 Å². The number of aromatic nitrogens is 4. The summed E-state index contributed by atoms with van der Waals surface area (Å²) in [6.07, 6.45) is 6.50. The fourth-order valence-electron chi connectivity index (χ4n) is 5.40. The van der Waals surface area contributed by atoms with Gasteiger partial charge in [-0.05, 0) is 63.1 Å². The number of aromatic amines is 1. The van der Waals surface area contributed by atoms with Gasteiger partial charge in [0, 0.05) is 50.2 Å². The third-order valence-electron chi connectivity index (χ3n) is 7.53. The van der Waals surface area contributed by atoms with Gasteiger partial charge in [-0.2, -0.15) is 4.98 Å². The molecule has 0 radical (unpaired) electrons. The Morgan fingerprint density at radius 3 is 2.72 bits per heavy atom. The highest BCUT2D eigenvalue weighted by atomic mass is 16.3. The molecule has 0 bridgehead atoms. The quantitative estimate of drug-likeness (QED) is 0.517. The zero-order chi connectivity index (χ0) is 24.9. The lowest BCUT2D eigenvalue weighted by molar-refractivity contribution is 0.113. The zero-order valence-electron chi connectivity index (χ0n) is 20.7. The van der Waals surface area contributed by atoms with Gasteiger partial charge in [0.15, 0.2) is 5.65 Å². The van der Waals surface area contributed by atoms with Crippen LogP contribution in [0.4, 0.5) is 17.3 Å². The van der Waals surface area contributed by atoms with Crippen LogP contribution in [0.25, 0.3) is 11.0 Å². The molecule has 2 fully saturated rings. The van der Waals surface area contributed by atoms with E-state index >= 15 is 0 Å².